The van der Waals surface area contributed by atoms with Gasteiger partial charge in [0.1, 0.15) is 22.6 Å². The van der Waals surface area contributed by atoms with Crippen molar-refractivity contribution in [3.8, 4) is 0 Å². The Morgan fingerprint density at radius 3 is 2.87 bits per heavy atom. The van der Waals surface area contributed by atoms with E-state index in [1.54, 1.807) is 6.92 Å². The van der Waals surface area contributed by atoms with Gasteiger partial charge in [-0.1, -0.05) is 0 Å². The summed E-state index contributed by atoms with van der Waals surface area (Å²) in [6.07, 6.45) is 0.356. The van der Waals surface area contributed by atoms with Crippen LogP contribution in [0.3, 0.4) is 0 Å². The Hall–Kier alpha value is -2.21. The van der Waals surface area contributed by atoms with Gasteiger partial charge >= 0.3 is 6.03 Å². The highest BCUT2D eigenvalue weighted by Crippen LogP contribution is 2.43. The lowest BCUT2D eigenvalue weighted by Crippen LogP contribution is -2.45. The summed E-state index contributed by atoms with van der Waals surface area (Å²) in [6.45, 7) is 0.000415. The third-order valence-corrected chi connectivity index (χ3v) is 6.33. The number of pyridine rings is 1. The fraction of sp³-hybridized carbons (Fsp3) is 0.526. The second-order valence-electron chi connectivity index (χ2n) is 8.07. The van der Waals surface area contributed by atoms with Gasteiger partial charge in [-0.3, -0.25) is 4.68 Å². The first-order chi connectivity index (χ1) is 14.5. The predicted molar refractivity (Wildman–Crippen MR) is 106 cm³/mol. The zero-order valence-electron chi connectivity index (χ0n) is 16.5. The molecule has 2 atom stereocenters. The minimum Gasteiger partial charge on any atom is -0.385 e. The molecule has 168 valence electrons. The monoisotopic (exact) mass is 505 g/mol. The lowest BCUT2D eigenvalue weighted by atomic mass is 9.94. The summed E-state index contributed by atoms with van der Waals surface area (Å²) in [5, 5.41) is 17.0. The van der Waals surface area contributed by atoms with Gasteiger partial charge < -0.3 is 15.3 Å². The van der Waals surface area contributed by atoms with Crippen molar-refractivity contribution in [1.82, 2.24) is 19.7 Å². The van der Waals surface area contributed by atoms with Crippen LogP contribution < -0.4 is 5.32 Å². The summed E-state index contributed by atoms with van der Waals surface area (Å²) in [6, 6.07) is 0.219. The molecule has 2 amide bonds. The van der Waals surface area contributed by atoms with Crippen molar-refractivity contribution in [3.63, 3.8) is 0 Å². The molecule has 0 radical (unpaired) electrons. The van der Waals surface area contributed by atoms with Gasteiger partial charge in [0, 0.05) is 30.6 Å². The molecule has 2 aromatic heterocycles. The third-order valence-electron chi connectivity index (χ3n) is 5.78. The van der Waals surface area contributed by atoms with Gasteiger partial charge in [0.2, 0.25) is 0 Å². The molecule has 0 aromatic carbocycles. The molecule has 12 heteroatoms. The largest absolute Gasteiger partial charge is 0.385 e. The molecule has 0 aliphatic carbocycles. The molecule has 0 fully saturated rings. The van der Waals surface area contributed by atoms with Crippen molar-refractivity contribution in [2.45, 2.75) is 56.8 Å². The number of aromatic nitrogens is 3. The Balaban J connectivity index is 1.66. The molecule has 7 nitrogen and oxygen atoms in total. The topological polar surface area (TPSA) is 83.3 Å². The zero-order chi connectivity index (χ0) is 22.6. The first-order valence-electron chi connectivity index (χ1n) is 9.67. The smallest absolute Gasteiger partial charge is 0.322 e. The van der Waals surface area contributed by atoms with Crippen molar-refractivity contribution < 1.29 is 27.5 Å². The van der Waals surface area contributed by atoms with Crippen LogP contribution in [0.25, 0.3) is 0 Å². The lowest BCUT2D eigenvalue weighted by Gasteiger charge is -2.33. The maximum atomic E-state index is 15.0. The number of nitrogens with one attached hydrogen (secondary N) is 1. The van der Waals surface area contributed by atoms with Crippen LogP contribution in [-0.4, -0.2) is 49.1 Å². The molecule has 2 N–H and O–H groups in total. The van der Waals surface area contributed by atoms with E-state index < -0.39 is 61.2 Å². The first-order valence-corrected chi connectivity index (χ1v) is 10.5. The van der Waals surface area contributed by atoms with E-state index in [2.05, 4.69) is 31.3 Å². The van der Waals surface area contributed by atoms with Crippen LogP contribution in [0.1, 0.15) is 36.7 Å². The van der Waals surface area contributed by atoms with Crippen LogP contribution in [0.2, 0.25) is 0 Å². The average molecular weight is 506 g/mol. The van der Waals surface area contributed by atoms with E-state index in [-0.39, 0.29) is 28.8 Å². The highest BCUT2D eigenvalue weighted by atomic mass is 79.9. The van der Waals surface area contributed by atoms with E-state index in [4.69, 9.17) is 0 Å². The summed E-state index contributed by atoms with van der Waals surface area (Å²) >= 11 is 2.94. The van der Waals surface area contributed by atoms with E-state index >= 15 is 0 Å². The molecule has 0 saturated heterocycles. The Labute approximate surface area is 183 Å². The second kappa shape index (κ2) is 7.73. The summed E-state index contributed by atoms with van der Waals surface area (Å²) in [5.74, 6) is -4.09. The van der Waals surface area contributed by atoms with E-state index in [0.29, 0.717) is 5.69 Å². The molecule has 0 bridgehead atoms. The number of amides is 2. The quantitative estimate of drug-likeness (QED) is 0.481. The van der Waals surface area contributed by atoms with Gasteiger partial charge in [-0.2, -0.15) is 13.9 Å². The molecule has 2 aliphatic rings. The fourth-order valence-electron chi connectivity index (χ4n) is 4.07. The molecular weight excluding hydrogens is 486 g/mol. The molecule has 0 spiro atoms. The number of carbonyl (C=O) groups excluding carboxylic acids is 1. The van der Waals surface area contributed by atoms with Gasteiger partial charge in [-0.25, -0.2) is 18.6 Å². The average Bonchev–Trinajstić information content (AvgIpc) is 3.01. The number of hydrogen-bond acceptors (Lipinski definition) is 4. The molecule has 2 unspecified atom stereocenters. The fourth-order valence-corrected chi connectivity index (χ4v) is 4.40. The van der Waals surface area contributed by atoms with Gasteiger partial charge in [-0.15, -0.1) is 0 Å². The van der Waals surface area contributed by atoms with Crippen molar-refractivity contribution in [3.05, 3.63) is 39.6 Å². The SMILES string of the molecule is CC1Cc2nn3c(c2CN1C(=O)Nc1ccnc(Br)c1F)C(F)(F)CCC(O)(CF)C3. The number of fused-ring (bicyclic) bond motifs is 3. The van der Waals surface area contributed by atoms with Gasteiger partial charge in [0.15, 0.2) is 5.82 Å². The van der Waals surface area contributed by atoms with Crippen molar-refractivity contribution in [2.75, 3.05) is 12.0 Å². The summed E-state index contributed by atoms with van der Waals surface area (Å²) in [5.41, 5.74) is -1.87. The minimum atomic E-state index is -3.34. The van der Waals surface area contributed by atoms with E-state index in [0.717, 1.165) is 4.68 Å². The van der Waals surface area contributed by atoms with Crippen molar-refractivity contribution >= 4 is 27.6 Å². The Morgan fingerprint density at radius 2 is 2.16 bits per heavy atom. The second-order valence-corrected chi connectivity index (χ2v) is 8.82. The maximum absolute atomic E-state index is 15.0. The highest BCUT2D eigenvalue weighted by molar-refractivity contribution is 9.10. The van der Waals surface area contributed by atoms with Gasteiger partial charge in [0.05, 0.1) is 24.5 Å². The highest BCUT2D eigenvalue weighted by Gasteiger charge is 2.48. The number of aliphatic hydroxyl groups is 1. The van der Waals surface area contributed by atoms with E-state index in [1.807, 2.05) is 0 Å². The Bertz CT molecular complexity index is 1030. The number of carbonyl (C=O) groups is 1. The molecule has 4 rings (SSSR count). The number of rotatable bonds is 2. The number of hydrogen-bond donors (Lipinski definition) is 2. The third kappa shape index (κ3) is 3.91. The van der Waals surface area contributed by atoms with Crippen molar-refractivity contribution in [2.24, 2.45) is 0 Å². The van der Waals surface area contributed by atoms with Crippen LogP contribution >= 0.6 is 15.9 Å². The molecule has 31 heavy (non-hydrogen) atoms. The predicted octanol–water partition coefficient (Wildman–Crippen LogP) is 3.74. The zero-order valence-corrected chi connectivity index (χ0v) is 18.1. The van der Waals surface area contributed by atoms with Gasteiger partial charge in [-0.05, 0) is 35.3 Å². The van der Waals surface area contributed by atoms with Gasteiger partial charge in [0.25, 0.3) is 5.92 Å². The van der Waals surface area contributed by atoms with Crippen LogP contribution in [-0.2, 0) is 25.4 Å². The Morgan fingerprint density at radius 1 is 1.42 bits per heavy atom. The summed E-state index contributed by atoms with van der Waals surface area (Å²) in [4.78, 5) is 17.9. The number of alkyl halides is 3. The Kier molecular flexibility index (Phi) is 5.49. The maximum Gasteiger partial charge on any atom is 0.322 e. The van der Waals surface area contributed by atoms with E-state index in [1.165, 1.54) is 17.2 Å². The van der Waals surface area contributed by atoms with Crippen LogP contribution in [0.15, 0.2) is 16.9 Å². The minimum absolute atomic E-state index is 0.0683. The number of anilines is 1. The molecule has 2 aliphatic heterocycles. The summed E-state index contributed by atoms with van der Waals surface area (Å²) < 4.78 is 58.3. The number of nitrogens with zero attached hydrogens (tertiary/aromatic N) is 4. The molecule has 4 heterocycles. The molecule has 0 saturated carbocycles. The number of halogens is 5. The van der Waals surface area contributed by atoms with Crippen molar-refractivity contribution in [1.29, 1.82) is 0 Å². The van der Waals surface area contributed by atoms with Crippen LogP contribution in [0.5, 0.6) is 0 Å². The molecule has 2 aromatic rings. The normalized spacial score (nSPS) is 24.9. The van der Waals surface area contributed by atoms with E-state index in [9.17, 15) is 27.5 Å². The number of urea groups is 1. The first kappa shape index (κ1) is 22.0. The standard InChI is InChI=1S/C19H20BrF4N5O2/c1-10-6-13-11(7-28(10)17(30)26-12-2-5-25-16(20)14(12)22)15-19(23,24)4-3-18(31,8-21)9-29(15)27-13/h2,5,10,31H,3-4,6-9H2,1H3,(H,25,26,30). The lowest BCUT2D eigenvalue weighted by molar-refractivity contribution is -0.0474. The summed E-state index contributed by atoms with van der Waals surface area (Å²) in [7, 11) is 0. The van der Waals surface area contributed by atoms with Crippen LogP contribution in [0.4, 0.5) is 28.0 Å². The molecular formula is C19H20BrF4N5O2. The van der Waals surface area contributed by atoms with Crippen LogP contribution in [0, 0.1) is 5.82 Å².